The van der Waals surface area contributed by atoms with E-state index in [4.69, 9.17) is 0 Å². The average molecular weight is 272 g/mol. The Hall–Kier alpha value is -1.74. The fourth-order valence-corrected chi connectivity index (χ4v) is 3.12. The number of carbonyl (C=O) groups is 1. The molecule has 3 heteroatoms. The third-order valence-electron chi connectivity index (χ3n) is 2.95. The maximum Gasteiger partial charge on any atom is 0.163 e. The van der Waals surface area contributed by atoms with Crippen molar-refractivity contribution < 1.29 is 9.00 Å². The summed E-state index contributed by atoms with van der Waals surface area (Å²) in [6.07, 6.45) is 0.310. The third kappa shape index (κ3) is 3.61. The molecule has 1 unspecified atom stereocenters. The van der Waals surface area contributed by atoms with E-state index in [1.807, 2.05) is 49.4 Å². The zero-order chi connectivity index (χ0) is 13.7. The number of ketones is 1. The molecule has 0 radical (unpaired) electrons. The summed E-state index contributed by atoms with van der Waals surface area (Å²) in [4.78, 5) is 12.8. The number of Topliss-reactive ketones (excluding diaryl/α,β-unsaturated/α-hetero) is 1. The smallest absolute Gasteiger partial charge is 0.163 e. The van der Waals surface area contributed by atoms with Gasteiger partial charge in [0.05, 0.1) is 10.8 Å². The molecule has 0 saturated heterocycles. The van der Waals surface area contributed by atoms with Crippen molar-refractivity contribution >= 4 is 16.6 Å². The number of carbonyl (C=O) groups excluding carboxylic acids is 1. The molecule has 0 aliphatic rings. The molecule has 0 aliphatic heterocycles. The summed E-state index contributed by atoms with van der Waals surface area (Å²) in [6.45, 7) is 1.94. The second-order valence-electron chi connectivity index (χ2n) is 4.35. The number of benzene rings is 2. The molecule has 0 aliphatic carbocycles. The van der Waals surface area contributed by atoms with Gasteiger partial charge in [-0.3, -0.25) is 9.00 Å². The summed E-state index contributed by atoms with van der Waals surface area (Å²) >= 11 is 0. The van der Waals surface area contributed by atoms with Gasteiger partial charge < -0.3 is 0 Å². The molecule has 2 aromatic rings. The Balaban J connectivity index is 1.98. The fraction of sp³-hybridized carbons (Fsp3) is 0.188. The average Bonchev–Trinajstić information content (AvgIpc) is 2.46. The molecule has 2 aromatic carbocycles. The highest BCUT2D eigenvalue weighted by Crippen LogP contribution is 2.14. The van der Waals surface area contributed by atoms with Gasteiger partial charge in [-0.2, -0.15) is 0 Å². The Morgan fingerprint density at radius 2 is 1.63 bits per heavy atom. The maximum atomic E-state index is 12.2. The van der Waals surface area contributed by atoms with Crippen LogP contribution in [-0.4, -0.2) is 15.7 Å². The van der Waals surface area contributed by atoms with Crippen molar-refractivity contribution in [3.05, 3.63) is 65.7 Å². The van der Waals surface area contributed by atoms with Crippen LogP contribution in [0.25, 0.3) is 0 Å². The first kappa shape index (κ1) is 13.7. The van der Waals surface area contributed by atoms with E-state index in [9.17, 15) is 9.00 Å². The van der Waals surface area contributed by atoms with Crippen LogP contribution in [0.5, 0.6) is 0 Å². The summed E-state index contributed by atoms with van der Waals surface area (Å²) in [6, 6.07) is 16.7. The van der Waals surface area contributed by atoms with E-state index < -0.39 is 10.8 Å². The molecule has 19 heavy (non-hydrogen) atoms. The summed E-state index contributed by atoms with van der Waals surface area (Å²) in [5, 5.41) is 0. The van der Waals surface area contributed by atoms with Crippen molar-refractivity contribution in [3.63, 3.8) is 0 Å². The molecule has 0 heterocycles. The largest absolute Gasteiger partial charge is 0.294 e. The van der Waals surface area contributed by atoms with Crippen molar-refractivity contribution in [2.75, 3.05) is 5.75 Å². The summed E-state index contributed by atoms with van der Waals surface area (Å²) in [7, 11) is -1.11. The Kier molecular flexibility index (Phi) is 4.63. The lowest BCUT2D eigenvalue weighted by Crippen LogP contribution is -2.07. The van der Waals surface area contributed by atoms with Gasteiger partial charge in [0.1, 0.15) is 0 Å². The Bertz CT molecular complexity index is 591. The molecule has 0 amide bonds. The lowest BCUT2D eigenvalue weighted by Gasteiger charge is -2.05. The summed E-state index contributed by atoms with van der Waals surface area (Å²) < 4.78 is 12.2. The Morgan fingerprint density at radius 1 is 1.00 bits per heavy atom. The van der Waals surface area contributed by atoms with Gasteiger partial charge in [-0.1, -0.05) is 48.5 Å². The topological polar surface area (TPSA) is 34.1 Å². The summed E-state index contributed by atoms with van der Waals surface area (Å²) in [5.74, 6) is 0.418. The van der Waals surface area contributed by atoms with Crippen molar-refractivity contribution in [1.29, 1.82) is 0 Å². The molecular formula is C16H16O2S. The van der Waals surface area contributed by atoms with Gasteiger partial charge >= 0.3 is 0 Å². The molecule has 0 saturated carbocycles. The van der Waals surface area contributed by atoms with Crippen LogP contribution in [0.2, 0.25) is 0 Å². The maximum absolute atomic E-state index is 12.2. The van der Waals surface area contributed by atoms with Gasteiger partial charge in [0, 0.05) is 22.6 Å². The minimum atomic E-state index is -1.11. The summed E-state index contributed by atoms with van der Waals surface area (Å²) in [5.41, 5.74) is 1.69. The molecule has 98 valence electrons. The number of hydrogen-bond donors (Lipinski definition) is 0. The zero-order valence-corrected chi connectivity index (χ0v) is 11.7. The molecule has 0 aromatic heterocycles. The van der Waals surface area contributed by atoms with Crippen LogP contribution in [0, 0.1) is 6.92 Å². The van der Waals surface area contributed by atoms with Gasteiger partial charge in [0.15, 0.2) is 5.78 Å². The molecule has 2 nitrogen and oxygen atoms in total. The highest BCUT2D eigenvalue weighted by atomic mass is 32.2. The minimum Gasteiger partial charge on any atom is -0.294 e. The second kappa shape index (κ2) is 6.43. The van der Waals surface area contributed by atoms with Crippen molar-refractivity contribution in [1.82, 2.24) is 0 Å². The zero-order valence-electron chi connectivity index (χ0n) is 10.8. The second-order valence-corrected chi connectivity index (χ2v) is 5.89. The van der Waals surface area contributed by atoms with Crippen LogP contribution in [0.15, 0.2) is 59.5 Å². The lowest BCUT2D eigenvalue weighted by atomic mass is 10.1. The minimum absolute atomic E-state index is 0.0440. The SMILES string of the molecule is Cc1ccccc1S(=O)CCC(=O)c1ccccc1. The molecule has 0 fully saturated rings. The fourth-order valence-electron chi connectivity index (χ4n) is 1.88. The monoisotopic (exact) mass is 272 g/mol. The molecule has 0 bridgehead atoms. The quantitative estimate of drug-likeness (QED) is 0.782. The van der Waals surface area contributed by atoms with Gasteiger partial charge in [-0.15, -0.1) is 0 Å². The first-order chi connectivity index (χ1) is 9.18. The normalized spacial score (nSPS) is 12.1. The third-order valence-corrected chi connectivity index (χ3v) is 4.47. The van der Waals surface area contributed by atoms with Crippen LogP contribution in [-0.2, 0) is 10.8 Å². The number of rotatable bonds is 5. The molecule has 0 N–H and O–H groups in total. The van der Waals surface area contributed by atoms with E-state index >= 15 is 0 Å². The van der Waals surface area contributed by atoms with Crippen LogP contribution in [0.3, 0.4) is 0 Å². The van der Waals surface area contributed by atoms with Crippen LogP contribution >= 0.6 is 0 Å². The molecule has 2 rings (SSSR count). The van der Waals surface area contributed by atoms with Crippen LogP contribution in [0.1, 0.15) is 22.3 Å². The highest BCUT2D eigenvalue weighted by Gasteiger charge is 2.10. The van der Waals surface area contributed by atoms with Crippen LogP contribution in [0.4, 0.5) is 0 Å². The van der Waals surface area contributed by atoms with Crippen LogP contribution < -0.4 is 0 Å². The standard InChI is InChI=1S/C16H16O2S/c1-13-7-5-6-10-16(13)19(18)12-11-15(17)14-8-3-2-4-9-14/h2-10H,11-12H2,1H3. The van der Waals surface area contributed by atoms with E-state index in [1.165, 1.54) is 0 Å². The van der Waals surface area contributed by atoms with Gasteiger partial charge in [0.25, 0.3) is 0 Å². The van der Waals surface area contributed by atoms with E-state index in [2.05, 4.69) is 0 Å². The molecular weight excluding hydrogens is 256 g/mol. The lowest BCUT2D eigenvalue weighted by molar-refractivity contribution is 0.0989. The highest BCUT2D eigenvalue weighted by molar-refractivity contribution is 7.85. The predicted molar refractivity (Wildman–Crippen MR) is 77.8 cm³/mol. The number of hydrogen-bond acceptors (Lipinski definition) is 2. The predicted octanol–water partition coefficient (Wildman–Crippen LogP) is 3.38. The Morgan fingerprint density at radius 3 is 2.32 bits per heavy atom. The molecule has 1 atom stereocenters. The van der Waals surface area contributed by atoms with E-state index in [0.717, 1.165) is 10.5 Å². The first-order valence-electron chi connectivity index (χ1n) is 6.21. The van der Waals surface area contributed by atoms with Crippen molar-refractivity contribution in [2.24, 2.45) is 0 Å². The van der Waals surface area contributed by atoms with E-state index in [-0.39, 0.29) is 5.78 Å². The van der Waals surface area contributed by atoms with Gasteiger partial charge in [-0.25, -0.2) is 0 Å². The number of aryl methyl sites for hydroxylation is 1. The molecule has 0 spiro atoms. The van der Waals surface area contributed by atoms with Gasteiger partial charge in [-0.05, 0) is 18.6 Å². The van der Waals surface area contributed by atoms with Crippen molar-refractivity contribution in [2.45, 2.75) is 18.2 Å². The van der Waals surface area contributed by atoms with E-state index in [0.29, 0.717) is 17.7 Å². The van der Waals surface area contributed by atoms with E-state index in [1.54, 1.807) is 12.1 Å². The first-order valence-corrected chi connectivity index (χ1v) is 7.52. The Labute approximate surface area is 115 Å². The van der Waals surface area contributed by atoms with Gasteiger partial charge in [0.2, 0.25) is 0 Å². The van der Waals surface area contributed by atoms with Crippen molar-refractivity contribution in [3.8, 4) is 0 Å².